The van der Waals surface area contributed by atoms with E-state index in [1.807, 2.05) is 23.6 Å². The van der Waals surface area contributed by atoms with Gasteiger partial charge in [-0.25, -0.2) is 18.7 Å². The predicted molar refractivity (Wildman–Crippen MR) is 157 cm³/mol. The Labute approximate surface area is 235 Å². The summed E-state index contributed by atoms with van der Waals surface area (Å²) in [5.41, 5.74) is 12.5. The summed E-state index contributed by atoms with van der Waals surface area (Å²) in [4.78, 5) is 20.4. The van der Waals surface area contributed by atoms with Crippen LogP contribution in [0.4, 0.5) is 10.2 Å². The van der Waals surface area contributed by atoms with Gasteiger partial charge in [0.1, 0.15) is 23.0 Å². The summed E-state index contributed by atoms with van der Waals surface area (Å²) >= 11 is 1.71. The van der Waals surface area contributed by atoms with E-state index in [1.54, 1.807) is 30.4 Å². The third-order valence-corrected chi connectivity index (χ3v) is 8.28. The Bertz CT molecular complexity index is 1700. The van der Waals surface area contributed by atoms with E-state index in [0.717, 1.165) is 49.5 Å². The summed E-state index contributed by atoms with van der Waals surface area (Å²) in [7, 11) is 0. The molecular formula is C30H27FN8S. The Morgan fingerprint density at radius 2 is 1.77 bits per heavy atom. The van der Waals surface area contributed by atoms with Crippen molar-refractivity contribution >= 4 is 28.8 Å². The average Bonchev–Trinajstić information content (AvgIpc) is 3.30. The highest BCUT2D eigenvalue weighted by atomic mass is 32.2. The molecule has 0 atom stereocenters. The molecule has 7 rings (SSSR count). The van der Waals surface area contributed by atoms with Crippen LogP contribution in [0.2, 0.25) is 0 Å². The first-order valence-electron chi connectivity index (χ1n) is 13.1. The highest BCUT2D eigenvalue weighted by molar-refractivity contribution is 7.99. The van der Waals surface area contributed by atoms with E-state index < -0.39 is 0 Å². The van der Waals surface area contributed by atoms with Crippen LogP contribution in [0.1, 0.15) is 5.56 Å². The van der Waals surface area contributed by atoms with Gasteiger partial charge >= 0.3 is 0 Å². The zero-order chi connectivity index (χ0) is 27.3. The normalized spacial score (nSPS) is 16.6. The lowest BCUT2D eigenvalue weighted by molar-refractivity contribution is -0.0808. The number of benzene rings is 1. The van der Waals surface area contributed by atoms with Gasteiger partial charge in [0.05, 0.1) is 34.9 Å². The maximum atomic E-state index is 13.5. The lowest BCUT2D eigenvalue weighted by atomic mass is 9.74. The van der Waals surface area contributed by atoms with Crippen molar-refractivity contribution in [2.24, 2.45) is 5.41 Å². The summed E-state index contributed by atoms with van der Waals surface area (Å²) < 4.78 is 17.9. The average molecular weight is 551 g/mol. The van der Waals surface area contributed by atoms with E-state index in [1.165, 1.54) is 17.8 Å². The van der Waals surface area contributed by atoms with Crippen LogP contribution in [-0.2, 0) is 6.54 Å². The lowest BCUT2D eigenvalue weighted by Crippen LogP contribution is -2.69. The van der Waals surface area contributed by atoms with E-state index in [4.69, 9.17) is 10.7 Å². The second-order valence-electron chi connectivity index (χ2n) is 10.5. The van der Waals surface area contributed by atoms with Gasteiger partial charge in [0.25, 0.3) is 0 Å². The summed E-state index contributed by atoms with van der Waals surface area (Å²) in [6, 6.07) is 17.3. The molecule has 40 heavy (non-hydrogen) atoms. The van der Waals surface area contributed by atoms with Crippen molar-refractivity contribution in [1.82, 2.24) is 33.7 Å². The van der Waals surface area contributed by atoms with Gasteiger partial charge < -0.3 is 5.73 Å². The number of hydrogen-bond donors (Lipinski definition) is 1. The van der Waals surface area contributed by atoms with Crippen LogP contribution in [0.3, 0.4) is 0 Å². The van der Waals surface area contributed by atoms with Gasteiger partial charge in [-0.1, -0.05) is 30.7 Å². The van der Waals surface area contributed by atoms with Crippen LogP contribution in [0.5, 0.6) is 0 Å². The van der Waals surface area contributed by atoms with Crippen molar-refractivity contribution in [1.29, 1.82) is 0 Å². The standard InChI is InChI=1S/C30H27FN8S/c1-2-40-38-18-30(19-38)16-37(17-30)15-20-5-8-22(9-6-20)39-27-12-25(24-10-7-21(31)13-34-24)35-14-26(27)36-29(39)23-4-3-11-33-28(23)32/h2-14H,1,15-19H2,(H2,32,33). The van der Waals surface area contributed by atoms with Crippen molar-refractivity contribution in [3.63, 3.8) is 0 Å². The van der Waals surface area contributed by atoms with Gasteiger partial charge in [-0.05, 0) is 53.4 Å². The van der Waals surface area contributed by atoms with Gasteiger partial charge in [-0.15, -0.1) is 0 Å². The molecule has 6 heterocycles. The van der Waals surface area contributed by atoms with E-state index in [0.29, 0.717) is 34.0 Å². The predicted octanol–water partition coefficient (Wildman–Crippen LogP) is 5.18. The molecule has 0 aliphatic carbocycles. The van der Waals surface area contributed by atoms with Gasteiger partial charge in [0.2, 0.25) is 0 Å². The molecule has 200 valence electrons. The number of rotatable bonds is 7. The molecule has 0 amide bonds. The van der Waals surface area contributed by atoms with Gasteiger partial charge in [0, 0.05) is 50.0 Å². The van der Waals surface area contributed by atoms with Crippen LogP contribution < -0.4 is 5.73 Å². The number of fused-ring (bicyclic) bond motifs is 1. The van der Waals surface area contributed by atoms with Crippen molar-refractivity contribution < 1.29 is 4.39 Å². The number of pyridine rings is 3. The van der Waals surface area contributed by atoms with Crippen molar-refractivity contribution in [2.45, 2.75) is 6.54 Å². The smallest absolute Gasteiger partial charge is 0.149 e. The Hall–Kier alpha value is -4.12. The molecule has 2 N–H and O–H groups in total. The second kappa shape index (κ2) is 9.81. The summed E-state index contributed by atoms with van der Waals surface area (Å²) in [5.74, 6) is 0.687. The van der Waals surface area contributed by atoms with Crippen LogP contribution in [0.15, 0.2) is 85.2 Å². The number of nitrogen functional groups attached to an aromatic ring is 1. The molecule has 0 bridgehead atoms. The zero-order valence-electron chi connectivity index (χ0n) is 21.7. The van der Waals surface area contributed by atoms with Crippen molar-refractivity contribution in [3.8, 4) is 28.5 Å². The number of halogens is 1. The Kier molecular flexibility index (Phi) is 6.10. The minimum Gasteiger partial charge on any atom is -0.383 e. The fourth-order valence-corrected chi connectivity index (χ4v) is 6.71. The molecule has 2 fully saturated rings. The molecule has 2 aliphatic rings. The van der Waals surface area contributed by atoms with Crippen molar-refractivity contribution in [2.75, 3.05) is 31.9 Å². The van der Waals surface area contributed by atoms with Gasteiger partial charge in [-0.3, -0.25) is 19.4 Å². The molecule has 2 saturated heterocycles. The molecule has 5 aromatic rings. The Morgan fingerprint density at radius 1 is 0.975 bits per heavy atom. The first kappa shape index (κ1) is 24.9. The molecule has 8 nitrogen and oxygen atoms in total. The topological polar surface area (TPSA) is 89.0 Å². The summed E-state index contributed by atoms with van der Waals surface area (Å²) in [6.07, 6.45) is 4.57. The molecule has 0 unspecified atom stereocenters. The Balaban J connectivity index is 1.21. The largest absolute Gasteiger partial charge is 0.383 e. The molecule has 4 aromatic heterocycles. The SMILES string of the molecule is C=CSN1CC2(CN(Cc3ccc(-n4c(-c5cccnc5N)nc5cnc(-c6ccc(F)cn6)cc54)cc3)C2)C1. The quantitative estimate of drug-likeness (QED) is 0.278. The van der Waals surface area contributed by atoms with E-state index >= 15 is 0 Å². The van der Waals surface area contributed by atoms with E-state index in [-0.39, 0.29) is 5.82 Å². The van der Waals surface area contributed by atoms with Crippen LogP contribution >= 0.6 is 11.9 Å². The maximum Gasteiger partial charge on any atom is 0.149 e. The zero-order valence-corrected chi connectivity index (χ0v) is 22.6. The third-order valence-electron chi connectivity index (χ3n) is 7.58. The molecule has 2 aliphatic heterocycles. The number of likely N-dealkylation sites (tertiary alicyclic amines) is 1. The maximum absolute atomic E-state index is 13.5. The first-order valence-corrected chi connectivity index (χ1v) is 13.9. The number of anilines is 1. The van der Waals surface area contributed by atoms with E-state index in [2.05, 4.69) is 59.6 Å². The first-order chi connectivity index (χ1) is 19.5. The van der Waals surface area contributed by atoms with Crippen molar-refractivity contribution in [3.05, 3.63) is 96.6 Å². The highest BCUT2D eigenvalue weighted by Crippen LogP contribution is 2.43. The number of nitrogens with two attached hydrogens (primary N) is 1. The fourth-order valence-electron chi connectivity index (χ4n) is 5.80. The Morgan fingerprint density at radius 3 is 2.50 bits per heavy atom. The third kappa shape index (κ3) is 4.43. The molecule has 0 saturated carbocycles. The highest BCUT2D eigenvalue weighted by Gasteiger charge is 2.51. The van der Waals surface area contributed by atoms with E-state index in [9.17, 15) is 4.39 Å². The minimum atomic E-state index is -0.390. The molecular weight excluding hydrogens is 523 g/mol. The molecule has 10 heteroatoms. The molecule has 1 aromatic carbocycles. The minimum absolute atomic E-state index is 0.390. The molecule has 1 spiro atoms. The monoisotopic (exact) mass is 550 g/mol. The summed E-state index contributed by atoms with van der Waals surface area (Å²) in [6.45, 7) is 9.27. The summed E-state index contributed by atoms with van der Waals surface area (Å²) in [5, 5.41) is 1.90. The second-order valence-corrected chi connectivity index (χ2v) is 11.6. The fraction of sp³-hybridized carbons (Fsp3) is 0.200. The van der Waals surface area contributed by atoms with Crippen LogP contribution in [-0.4, -0.2) is 59.9 Å². The van der Waals surface area contributed by atoms with Crippen LogP contribution in [0, 0.1) is 11.2 Å². The molecule has 0 radical (unpaired) electrons. The number of aromatic nitrogens is 5. The number of nitrogens with zero attached hydrogens (tertiary/aromatic N) is 7. The van der Waals surface area contributed by atoms with Gasteiger partial charge in [0.15, 0.2) is 0 Å². The number of hydrogen-bond acceptors (Lipinski definition) is 8. The van der Waals surface area contributed by atoms with Crippen LogP contribution in [0.25, 0.3) is 39.5 Å². The lowest BCUT2D eigenvalue weighted by Gasteiger charge is -2.59. The number of imidazole rings is 1. The van der Waals surface area contributed by atoms with Gasteiger partial charge in [-0.2, -0.15) is 0 Å².